The molecule has 0 heterocycles. The molecule has 1 saturated carbocycles. The van der Waals surface area contributed by atoms with Gasteiger partial charge in [-0.15, -0.1) is 0 Å². The molecule has 0 spiro atoms. The van der Waals surface area contributed by atoms with Crippen molar-refractivity contribution in [2.75, 3.05) is 0 Å². The topological polar surface area (TPSA) is 49.3 Å². The first kappa shape index (κ1) is 14.6. The van der Waals surface area contributed by atoms with Gasteiger partial charge in [0, 0.05) is 11.6 Å². The van der Waals surface area contributed by atoms with Crippen molar-refractivity contribution in [2.24, 2.45) is 0 Å². The number of allylic oxidation sites excluding steroid dienone is 4. The van der Waals surface area contributed by atoms with Gasteiger partial charge in [-0.05, 0) is 51.3 Å². The Balaban J connectivity index is 2.50. The summed E-state index contributed by atoms with van der Waals surface area (Å²) in [6, 6.07) is 0.0163. The minimum atomic E-state index is -0.659. The first-order valence-corrected chi connectivity index (χ1v) is 5.94. The van der Waals surface area contributed by atoms with Crippen LogP contribution in [-0.2, 0) is 4.79 Å². The predicted molar refractivity (Wildman–Crippen MR) is 69.6 cm³/mol. The second-order valence-electron chi connectivity index (χ2n) is 5.21. The van der Waals surface area contributed by atoms with Crippen LogP contribution >= 0.6 is 0 Å². The Morgan fingerprint density at radius 2 is 2.00 bits per heavy atom. The smallest absolute Gasteiger partial charge is 0.247 e. The normalized spacial score (nSPS) is 28.6. The Bertz CT molecular complexity index is 410. The zero-order chi connectivity index (χ0) is 13.9. The maximum Gasteiger partial charge on any atom is 0.247 e. The lowest BCUT2D eigenvalue weighted by atomic mass is 9.77. The van der Waals surface area contributed by atoms with Crippen LogP contribution in [0.5, 0.6) is 0 Å². The highest BCUT2D eigenvalue weighted by atomic mass is 19.1. The Morgan fingerprint density at radius 1 is 1.44 bits per heavy atom. The summed E-state index contributed by atoms with van der Waals surface area (Å²) in [5.74, 6) is -0.555. The average molecular weight is 253 g/mol. The Morgan fingerprint density at radius 3 is 2.44 bits per heavy atom. The van der Waals surface area contributed by atoms with Crippen molar-refractivity contribution in [3.63, 3.8) is 0 Å². The molecule has 1 amide bonds. The minimum Gasteiger partial charge on any atom is -0.390 e. The molecule has 0 atom stereocenters. The van der Waals surface area contributed by atoms with Crippen LogP contribution in [0.2, 0.25) is 0 Å². The maximum absolute atomic E-state index is 12.6. The standard InChI is InChI=1S/C14H20FNO2/c1-9(6-11(3)15)5-10(2)13(17)16-12-7-14(4,18)8-12/h5-6,12,18H,1,7-8H2,2-4H3,(H,16,17)/b10-5+,11-6+. The second-order valence-corrected chi connectivity index (χ2v) is 5.21. The molecule has 1 fully saturated rings. The lowest BCUT2D eigenvalue weighted by molar-refractivity contribution is -0.121. The number of nitrogens with one attached hydrogen (secondary N) is 1. The molecule has 0 aliphatic heterocycles. The maximum atomic E-state index is 12.6. The van der Waals surface area contributed by atoms with Gasteiger partial charge < -0.3 is 10.4 Å². The molecule has 1 rings (SSSR count). The van der Waals surface area contributed by atoms with Gasteiger partial charge in [-0.25, -0.2) is 4.39 Å². The number of aliphatic hydroxyl groups is 1. The highest BCUT2D eigenvalue weighted by Gasteiger charge is 2.39. The van der Waals surface area contributed by atoms with E-state index in [1.807, 2.05) is 0 Å². The molecule has 4 heteroatoms. The van der Waals surface area contributed by atoms with Crippen LogP contribution in [0.1, 0.15) is 33.6 Å². The number of hydrogen-bond acceptors (Lipinski definition) is 2. The monoisotopic (exact) mass is 253 g/mol. The third-order valence-electron chi connectivity index (χ3n) is 2.85. The lowest BCUT2D eigenvalue weighted by Crippen LogP contribution is -2.53. The molecule has 0 bridgehead atoms. The van der Waals surface area contributed by atoms with Gasteiger partial charge in [-0.1, -0.05) is 6.58 Å². The second kappa shape index (κ2) is 5.48. The Labute approximate surface area is 107 Å². The van der Waals surface area contributed by atoms with Gasteiger partial charge in [0.25, 0.3) is 0 Å². The van der Waals surface area contributed by atoms with Crippen LogP contribution in [0.25, 0.3) is 0 Å². The van der Waals surface area contributed by atoms with E-state index in [4.69, 9.17) is 0 Å². The van der Waals surface area contributed by atoms with E-state index in [2.05, 4.69) is 11.9 Å². The molecule has 0 aromatic heterocycles. The van der Waals surface area contributed by atoms with Gasteiger partial charge in [0.2, 0.25) is 5.91 Å². The van der Waals surface area contributed by atoms with Crippen molar-refractivity contribution in [2.45, 2.75) is 45.3 Å². The van der Waals surface area contributed by atoms with E-state index in [9.17, 15) is 14.3 Å². The highest BCUT2D eigenvalue weighted by Crippen LogP contribution is 2.31. The molecule has 0 saturated heterocycles. The summed E-state index contributed by atoms with van der Waals surface area (Å²) in [5, 5.41) is 12.4. The summed E-state index contributed by atoms with van der Waals surface area (Å²) in [4.78, 5) is 11.8. The van der Waals surface area contributed by atoms with Crippen LogP contribution in [0.4, 0.5) is 4.39 Å². The van der Waals surface area contributed by atoms with Gasteiger partial charge in [-0.2, -0.15) is 0 Å². The van der Waals surface area contributed by atoms with E-state index in [1.165, 1.54) is 19.1 Å². The molecular formula is C14H20FNO2. The van der Waals surface area contributed by atoms with Gasteiger partial charge >= 0.3 is 0 Å². The number of rotatable bonds is 4. The summed E-state index contributed by atoms with van der Waals surface area (Å²) >= 11 is 0. The molecule has 0 aromatic rings. The number of amides is 1. The molecule has 0 radical (unpaired) electrons. The Kier molecular flexibility index (Phi) is 4.46. The van der Waals surface area contributed by atoms with Crippen molar-refractivity contribution >= 4 is 5.91 Å². The summed E-state index contributed by atoms with van der Waals surface area (Å²) < 4.78 is 12.6. The van der Waals surface area contributed by atoms with E-state index in [0.29, 0.717) is 24.0 Å². The zero-order valence-electron chi connectivity index (χ0n) is 11.1. The van der Waals surface area contributed by atoms with Gasteiger partial charge in [-0.3, -0.25) is 4.79 Å². The predicted octanol–water partition coefficient (Wildman–Crippen LogP) is 2.39. The van der Waals surface area contributed by atoms with Crippen molar-refractivity contribution < 1.29 is 14.3 Å². The largest absolute Gasteiger partial charge is 0.390 e. The summed E-state index contributed by atoms with van der Waals surface area (Å²) in [6.07, 6.45) is 3.94. The van der Waals surface area contributed by atoms with Crippen molar-refractivity contribution in [1.82, 2.24) is 5.32 Å². The van der Waals surface area contributed by atoms with Gasteiger partial charge in [0.15, 0.2) is 0 Å². The fraction of sp³-hybridized carbons (Fsp3) is 0.500. The number of hydrogen-bond donors (Lipinski definition) is 2. The molecule has 0 aromatic carbocycles. The van der Waals surface area contributed by atoms with Crippen molar-refractivity contribution in [3.05, 3.63) is 35.7 Å². The third kappa shape index (κ3) is 4.45. The van der Waals surface area contributed by atoms with Crippen LogP contribution < -0.4 is 5.32 Å². The van der Waals surface area contributed by atoms with E-state index < -0.39 is 5.60 Å². The van der Waals surface area contributed by atoms with Crippen LogP contribution in [0, 0.1) is 0 Å². The Hall–Kier alpha value is -1.42. The molecule has 100 valence electrons. The molecule has 3 nitrogen and oxygen atoms in total. The molecule has 2 N–H and O–H groups in total. The van der Waals surface area contributed by atoms with Crippen LogP contribution in [-0.4, -0.2) is 22.7 Å². The first-order chi connectivity index (χ1) is 8.19. The lowest BCUT2D eigenvalue weighted by Gasteiger charge is -2.41. The van der Waals surface area contributed by atoms with Gasteiger partial charge in [0.1, 0.15) is 0 Å². The molecule has 1 aliphatic rings. The van der Waals surface area contributed by atoms with Crippen molar-refractivity contribution in [1.29, 1.82) is 0 Å². The van der Waals surface area contributed by atoms with E-state index in [0.717, 1.165) is 0 Å². The van der Waals surface area contributed by atoms with Crippen LogP contribution in [0.3, 0.4) is 0 Å². The number of halogens is 1. The van der Waals surface area contributed by atoms with Crippen molar-refractivity contribution in [3.8, 4) is 0 Å². The molecule has 0 unspecified atom stereocenters. The van der Waals surface area contributed by atoms with Gasteiger partial charge in [0.05, 0.1) is 11.4 Å². The minimum absolute atomic E-state index is 0.0163. The van der Waals surface area contributed by atoms with Crippen LogP contribution in [0.15, 0.2) is 35.7 Å². The fourth-order valence-electron chi connectivity index (χ4n) is 2.04. The highest BCUT2D eigenvalue weighted by molar-refractivity contribution is 5.93. The fourth-order valence-corrected chi connectivity index (χ4v) is 2.04. The number of carbonyl (C=O) groups excluding carboxylic acids is 1. The first-order valence-electron chi connectivity index (χ1n) is 5.94. The molecule has 1 aliphatic carbocycles. The summed E-state index contributed by atoms with van der Waals surface area (Å²) in [5.41, 5.74) is 0.264. The quantitative estimate of drug-likeness (QED) is 0.597. The average Bonchev–Trinajstić information content (AvgIpc) is 2.12. The third-order valence-corrected chi connectivity index (χ3v) is 2.85. The van der Waals surface area contributed by atoms with E-state index in [1.54, 1.807) is 13.8 Å². The van der Waals surface area contributed by atoms with E-state index in [-0.39, 0.29) is 17.8 Å². The molecular weight excluding hydrogens is 233 g/mol. The zero-order valence-corrected chi connectivity index (χ0v) is 11.1. The number of carbonyl (C=O) groups is 1. The summed E-state index contributed by atoms with van der Waals surface area (Å²) in [6.45, 7) is 8.36. The SMILES string of the molecule is C=C(/C=C(\C)F)/C=C(\C)C(=O)NC1CC(C)(O)C1. The van der Waals surface area contributed by atoms with E-state index >= 15 is 0 Å². The summed E-state index contributed by atoms with van der Waals surface area (Å²) in [7, 11) is 0. The molecule has 18 heavy (non-hydrogen) atoms.